The Hall–Kier alpha value is -1.30. The molecule has 5 nitrogen and oxygen atoms in total. The molecule has 6 heteroatoms. The summed E-state index contributed by atoms with van der Waals surface area (Å²) in [4.78, 5) is 16.8. The van der Waals surface area contributed by atoms with Crippen LogP contribution in [0, 0.1) is 13.8 Å². The SMILES string of the molecule is Cc1cc(C)c(NC(=O)N2CCN([C@@H]3CCCC[C@H]3O)CC2)c(Cl)c1. The second-order valence-corrected chi connectivity index (χ2v) is 7.72. The number of anilines is 1. The van der Waals surface area contributed by atoms with Crippen LogP contribution < -0.4 is 5.32 Å². The Labute approximate surface area is 154 Å². The maximum atomic E-state index is 12.6. The van der Waals surface area contributed by atoms with Gasteiger partial charge in [-0.1, -0.05) is 30.5 Å². The Morgan fingerprint density at radius 2 is 1.84 bits per heavy atom. The zero-order valence-electron chi connectivity index (χ0n) is 15.1. The number of amides is 2. The molecule has 0 unspecified atom stereocenters. The van der Waals surface area contributed by atoms with Gasteiger partial charge in [-0.25, -0.2) is 4.79 Å². The molecule has 2 aliphatic rings. The fourth-order valence-corrected chi connectivity index (χ4v) is 4.40. The van der Waals surface area contributed by atoms with Crippen LogP contribution in [0.4, 0.5) is 10.5 Å². The Balaban J connectivity index is 1.57. The standard InChI is InChI=1S/C19H28ClN3O2/c1-13-11-14(2)18(15(20)12-13)21-19(25)23-9-7-22(8-10-23)16-5-3-4-6-17(16)24/h11-12,16-17,24H,3-10H2,1-2H3,(H,21,25)/t16-,17-/m1/s1. The van der Waals surface area contributed by atoms with Crippen molar-refractivity contribution >= 4 is 23.3 Å². The van der Waals surface area contributed by atoms with Gasteiger partial charge in [0.1, 0.15) is 0 Å². The summed E-state index contributed by atoms with van der Waals surface area (Å²) in [7, 11) is 0. The first-order valence-corrected chi connectivity index (χ1v) is 9.58. The molecule has 1 aliphatic heterocycles. The Bertz CT molecular complexity index is 606. The number of aryl methyl sites for hydroxylation is 2. The number of carbonyl (C=O) groups excluding carboxylic acids is 1. The van der Waals surface area contributed by atoms with Gasteiger partial charge in [0.15, 0.2) is 0 Å². The Morgan fingerprint density at radius 3 is 2.48 bits per heavy atom. The third-order valence-electron chi connectivity index (χ3n) is 5.43. The fourth-order valence-electron chi connectivity index (χ4n) is 4.03. The van der Waals surface area contributed by atoms with E-state index >= 15 is 0 Å². The monoisotopic (exact) mass is 365 g/mol. The van der Waals surface area contributed by atoms with Gasteiger partial charge >= 0.3 is 6.03 Å². The van der Waals surface area contributed by atoms with Gasteiger partial charge in [-0.15, -0.1) is 0 Å². The summed E-state index contributed by atoms with van der Waals surface area (Å²) in [6.45, 7) is 6.93. The van der Waals surface area contributed by atoms with E-state index in [-0.39, 0.29) is 18.2 Å². The van der Waals surface area contributed by atoms with Crippen LogP contribution in [0.15, 0.2) is 12.1 Å². The maximum absolute atomic E-state index is 12.6. The second-order valence-electron chi connectivity index (χ2n) is 7.31. The highest BCUT2D eigenvalue weighted by atomic mass is 35.5. The summed E-state index contributed by atoms with van der Waals surface area (Å²) in [5, 5.41) is 13.8. The van der Waals surface area contributed by atoms with Crippen LogP contribution in [0.3, 0.4) is 0 Å². The van der Waals surface area contributed by atoms with Gasteiger partial charge in [0.05, 0.1) is 16.8 Å². The Morgan fingerprint density at radius 1 is 1.16 bits per heavy atom. The first-order chi connectivity index (χ1) is 12.0. The molecule has 1 aromatic rings. The lowest BCUT2D eigenvalue weighted by Gasteiger charge is -2.42. The first kappa shape index (κ1) is 18.5. The van der Waals surface area contributed by atoms with Crippen molar-refractivity contribution in [3.63, 3.8) is 0 Å². The van der Waals surface area contributed by atoms with Crippen LogP contribution in [-0.2, 0) is 0 Å². The molecule has 0 bridgehead atoms. The third-order valence-corrected chi connectivity index (χ3v) is 5.73. The average Bonchev–Trinajstić information content (AvgIpc) is 2.58. The molecular formula is C19H28ClN3O2. The van der Waals surface area contributed by atoms with Crippen molar-refractivity contribution in [2.24, 2.45) is 0 Å². The van der Waals surface area contributed by atoms with Gasteiger partial charge in [-0.2, -0.15) is 0 Å². The summed E-state index contributed by atoms with van der Waals surface area (Å²) in [6.07, 6.45) is 4.05. The van der Waals surface area contributed by atoms with Gasteiger partial charge in [0, 0.05) is 32.2 Å². The van der Waals surface area contributed by atoms with E-state index in [1.54, 1.807) is 0 Å². The van der Waals surface area contributed by atoms with Crippen LogP contribution in [0.2, 0.25) is 5.02 Å². The van der Waals surface area contributed by atoms with E-state index in [4.69, 9.17) is 11.6 Å². The summed E-state index contributed by atoms with van der Waals surface area (Å²) >= 11 is 6.29. The number of nitrogens with zero attached hydrogens (tertiary/aromatic N) is 2. The van der Waals surface area contributed by atoms with Crippen molar-refractivity contribution in [3.05, 3.63) is 28.3 Å². The maximum Gasteiger partial charge on any atom is 0.321 e. The van der Waals surface area contributed by atoms with E-state index in [9.17, 15) is 9.90 Å². The summed E-state index contributed by atoms with van der Waals surface area (Å²) in [6, 6.07) is 4.04. The second kappa shape index (κ2) is 7.94. The van der Waals surface area contributed by atoms with E-state index in [2.05, 4.69) is 10.2 Å². The lowest BCUT2D eigenvalue weighted by atomic mass is 9.91. The number of nitrogens with one attached hydrogen (secondary N) is 1. The molecule has 3 rings (SSSR count). The predicted octanol–water partition coefficient (Wildman–Crippen LogP) is 3.41. The van der Waals surface area contributed by atoms with Crippen molar-refractivity contribution < 1.29 is 9.90 Å². The van der Waals surface area contributed by atoms with Crippen LogP contribution in [-0.4, -0.2) is 59.3 Å². The van der Waals surface area contributed by atoms with Gasteiger partial charge < -0.3 is 15.3 Å². The van der Waals surface area contributed by atoms with E-state index in [1.165, 1.54) is 6.42 Å². The van der Waals surface area contributed by atoms with Crippen LogP contribution in [0.1, 0.15) is 36.8 Å². The number of urea groups is 1. The number of piperazine rings is 1. The quantitative estimate of drug-likeness (QED) is 0.844. The number of hydrogen-bond acceptors (Lipinski definition) is 3. The summed E-state index contributed by atoms with van der Waals surface area (Å²) in [5.41, 5.74) is 2.75. The molecule has 1 aromatic carbocycles. The highest BCUT2D eigenvalue weighted by Crippen LogP contribution is 2.28. The first-order valence-electron chi connectivity index (χ1n) is 9.20. The van der Waals surface area contributed by atoms with Crippen LogP contribution in [0.5, 0.6) is 0 Å². The van der Waals surface area contributed by atoms with Crippen molar-refractivity contribution in [3.8, 4) is 0 Å². The smallest absolute Gasteiger partial charge is 0.321 e. The lowest BCUT2D eigenvalue weighted by Crippen LogP contribution is -2.56. The minimum Gasteiger partial charge on any atom is -0.391 e. The molecule has 2 amide bonds. The molecule has 2 N–H and O–H groups in total. The lowest BCUT2D eigenvalue weighted by molar-refractivity contribution is 0.00275. The molecule has 1 heterocycles. The molecule has 25 heavy (non-hydrogen) atoms. The molecule has 0 spiro atoms. The molecular weight excluding hydrogens is 338 g/mol. The molecule has 1 saturated carbocycles. The number of benzene rings is 1. The topological polar surface area (TPSA) is 55.8 Å². The van der Waals surface area contributed by atoms with Gasteiger partial charge in [-0.3, -0.25) is 4.90 Å². The van der Waals surface area contributed by atoms with Crippen molar-refractivity contribution in [1.29, 1.82) is 0 Å². The molecule has 1 saturated heterocycles. The Kier molecular flexibility index (Phi) is 5.87. The van der Waals surface area contributed by atoms with Crippen molar-refractivity contribution in [1.82, 2.24) is 9.80 Å². The number of rotatable bonds is 2. The van der Waals surface area contributed by atoms with E-state index in [1.807, 2.05) is 30.9 Å². The van der Waals surface area contributed by atoms with Crippen LogP contribution in [0.25, 0.3) is 0 Å². The number of aliphatic hydroxyl groups excluding tert-OH is 1. The van der Waals surface area contributed by atoms with Crippen LogP contribution >= 0.6 is 11.6 Å². The number of aliphatic hydroxyl groups is 1. The minimum absolute atomic E-state index is 0.0994. The molecule has 0 aromatic heterocycles. The minimum atomic E-state index is -0.219. The van der Waals surface area contributed by atoms with Gasteiger partial charge in [-0.05, 0) is 43.9 Å². The van der Waals surface area contributed by atoms with Crippen molar-refractivity contribution in [2.75, 3.05) is 31.5 Å². The number of hydrogen-bond donors (Lipinski definition) is 2. The van der Waals surface area contributed by atoms with Gasteiger partial charge in [0.2, 0.25) is 0 Å². The van der Waals surface area contributed by atoms with Crippen molar-refractivity contribution in [2.45, 2.75) is 51.7 Å². The fraction of sp³-hybridized carbons (Fsp3) is 0.632. The van der Waals surface area contributed by atoms with E-state index in [0.29, 0.717) is 23.8 Å². The predicted molar refractivity (Wildman–Crippen MR) is 101 cm³/mol. The zero-order valence-corrected chi connectivity index (χ0v) is 15.9. The van der Waals surface area contributed by atoms with E-state index < -0.39 is 0 Å². The summed E-state index contributed by atoms with van der Waals surface area (Å²) in [5.74, 6) is 0. The highest BCUT2D eigenvalue weighted by Gasteiger charge is 2.32. The largest absolute Gasteiger partial charge is 0.391 e. The average molecular weight is 366 g/mol. The summed E-state index contributed by atoms with van der Waals surface area (Å²) < 4.78 is 0. The molecule has 2 atom stereocenters. The molecule has 138 valence electrons. The van der Waals surface area contributed by atoms with Gasteiger partial charge in [0.25, 0.3) is 0 Å². The number of halogens is 1. The van der Waals surface area contributed by atoms with E-state index in [0.717, 1.165) is 43.5 Å². The third kappa shape index (κ3) is 4.27. The zero-order chi connectivity index (χ0) is 18.0. The highest BCUT2D eigenvalue weighted by molar-refractivity contribution is 6.34. The normalized spacial score (nSPS) is 25.0. The molecule has 1 aliphatic carbocycles. The number of carbonyl (C=O) groups is 1. The molecule has 0 radical (unpaired) electrons. The molecule has 2 fully saturated rings.